The molecule has 5 nitrogen and oxygen atoms in total. The third-order valence-electron chi connectivity index (χ3n) is 2.43. The maximum absolute atomic E-state index is 9.90. The highest BCUT2D eigenvalue weighted by atomic mass is 32.1. The van der Waals surface area contributed by atoms with Crippen molar-refractivity contribution in [3.05, 3.63) is 45.8 Å². The molecule has 0 spiro atoms. The van der Waals surface area contributed by atoms with Gasteiger partial charge in [0, 0.05) is 17.2 Å². The molecule has 17 heavy (non-hydrogen) atoms. The molecule has 0 aromatic heterocycles. The van der Waals surface area contributed by atoms with Crippen molar-refractivity contribution in [2.75, 3.05) is 6.54 Å². The molecule has 0 radical (unpaired) electrons. The Morgan fingerprint density at radius 3 is 2.82 bits per heavy atom. The van der Waals surface area contributed by atoms with E-state index in [0.717, 1.165) is 5.56 Å². The van der Waals surface area contributed by atoms with E-state index in [1.54, 1.807) is 12.1 Å². The van der Waals surface area contributed by atoms with Crippen LogP contribution in [0.2, 0.25) is 0 Å². The molecule has 0 amide bonds. The minimum absolute atomic E-state index is 0.168. The molecule has 0 fully saturated rings. The van der Waals surface area contributed by atoms with Crippen LogP contribution in [0.25, 0.3) is 10.4 Å². The predicted octanol–water partition coefficient (Wildman–Crippen LogP) is 2.21. The number of rotatable bonds is 6. The Labute approximate surface area is 105 Å². The van der Waals surface area contributed by atoms with Gasteiger partial charge in [-0.1, -0.05) is 29.4 Å². The van der Waals surface area contributed by atoms with Gasteiger partial charge in [-0.2, -0.15) is 12.6 Å². The number of aliphatic hydroxyl groups excluding tert-OH is 2. The standard InChI is InChI=1S/C11H15N3O2S/c12-14-13-5-4-10(15)11(16)9-3-1-2-8(6-9)7-17/h1-3,6,10-11,15-17H,4-5,7H2. The Balaban J connectivity index is 2.66. The topological polar surface area (TPSA) is 89.2 Å². The zero-order valence-electron chi connectivity index (χ0n) is 9.27. The summed E-state index contributed by atoms with van der Waals surface area (Å²) < 4.78 is 0. The zero-order chi connectivity index (χ0) is 12.7. The van der Waals surface area contributed by atoms with E-state index in [-0.39, 0.29) is 13.0 Å². The minimum Gasteiger partial charge on any atom is -0.390 e. The van der Waals surface area contributed by atoms with Crippen molar-refractivity contribution in [3.8, 4) is 0 Å². The van der Waals surface area contributed by atoms with Crippen LogP contribution >= 0.6 is 12.6 Å². The highest BCUT2D eigenvalue weighted by Gasteiger charge is 2.17. The molecular formula is C11H15N3O2S. The molecule has 0 aliphatic rings. The number of benzene rings is 1. The fourth-order valence-corrected chi connectivity index (χ4v) is 1.69. The maximum atomic E-state index is 9.90. The molecule has 92 valence electrons. The van der Waals surface area contributed by atoms with Gasteiger partial charge in [0.05, 0.1) is 6.10 Å². The quantitative estimate of drug-likeness (QED) is 0.314. The summed E-state index contributed by atoms with van der Waals surface area (Å²) in [6.07, 6.45) is -1.67. The predicted molar refractivity (Wildman–Crippen MR) is 68.7 cm³/mol. The number of azide groups is 1. The Bertz CT molecular complexity index is 407. The molecular weight excluding hydrogens is 238 g/mol. The Morgan fingerprint density at radius 2 is 2.18 bits per heavy atom. The SMILES string of the molecule is [N-]=[N+]=NCCC(O)C(O)c1cccc(CS)c1. The van der Waals surface area contributed by atoms with Gasteiger partial charge in [-0.15, -0.1) is 0 Å². The lowest BCUT2D eigenvalue weighted by Gasteiger charge is -2.17. The summed E-state index contributed by atoms with van der Waals surface area (Å²) in [6, 6.07) is 7.25. The van der Waals surface area contributed by atoms with Crippen LogP contribution in [0.5, 0.6) is 0 Å². The zero-order valence-corrected chi connectivity index (χ0v) is 10.2. The summed E-state index contributed by atoms with van der Waals surface area (Å²) in [5.74, 6) is 0.579. The van der Waals surface area contributed by atoms with Crippen LogP contribution in [0, 0.1) is 0 Å². The third-order valence-corrected chi connectivity index (χ3v) is 2.79. The fourth-order valence-electron chi connectivity index (χ4n) is 1.49. The van der Waals surface area contributed by atoms with Gasteiger partial charge in [0.25, 0.3) is 0 Å². The summed E-state index contributed by atoms with van der Waals surface area (Å²) in [5.41, 5.74) is 9.73. The normalized spacial score (nSPS) is 13.8. The monoisotopic (exact) mass is 253 g/mol. The van der Waals surface area contributed by atoms with Gasteiger partial charge in [0.1, 0.15) is 6.10 Å². The fraction of sp³-hybridized carbons (Fsp3) is 0.455. The van der Waals surface area contributed by atoms with Gasteiger partial charge in [0.15, 0.2) is 0 Å². The van der Waals surface area contributed by atoms with E-state index in [1.165, 1.54) is 0 Å². The van der Waals surface area contributed by atoms with Gasteiger partial charge in [0.2, 0.25) is 0 Å². The van der Waals surface area contributed by atoms with Crippen LogP contribution in [-0.4, -0.2) is 22.9 Å². The van der Waals surface area contributed by atoms with Crippen molar-refractivity contribution in [3.63, 3.8) is 0 Å². The van der Waals surface area contributed by atoms with Crippen molar-refractivity contribution >= 4 is 12.6 Å². The summed E-state index contributed by atoms with van der Waals surface area (Å²) >= 11 is 4.15. The smallest absolute Gasteiger partial charge is 0.105 e. The Hall–Kier alpha value is -1.20. The van der Waals surface area contributed by atoms with E-state index in [0.29, 0.717) is 11.3 Å². The van der Waals surface area contributed by atoms with Gasteiger partial charge in [-0.25, -0.2) is 0 Å². The summed E-state index contributed by atoms with van der Waals surface area (Å²) in [6.45, 7) is 0.168. The summed E-state index contributed by atoms with van der Waals surface area (Å²) in [4.78, 5) is 2.59. The highest BCUT2D eigenvalue weighted by molar-refractivity contribution is 7.79. The van der Waals surface area contributed by atoms with Gasteiger partial charge in [-0.3, -0.25) is 0 Å². The first kappa shape index (κ1) is 13.9. The van der Waals surface area contributed by atoms with E-state index in [1.807, 2.05) is 12.1 Å². The molecule has 0 aliphatic heterocycles. The molecule has 1 aromatic rings. The molecule has 0 saturated carbocycles. The average molecular weight is 253 g/mol. The summed E-state index contributed by atoms with van der Waals surface area (Å²) in [5, 5.41) is 22.9. The van der Waals surface area contributed by atoms with Gasteiger partial charge in [-0.05, 0) is 23.1 Å². The summed E-state index contributed by atoms with van der Waals surface area (Å²) in [7, 11) is 0. The van der Waals surface area contributed by atoms with Gasteiger partial charge >= 0.3 is 0 Å². The van der Waals surface area contributed by atoms with E-state index in [4.69, 9.17) is 5.53 Å². The van der Waals surface area contributed by atoms with Crippen molar-refractivity contribution < 1.29 is 10.2 Å². The highest BCUT2D eigenvalue weighted by Crippen LogP contribution is 2.20. The van der Waals surface area contributed by atoms with Crippen LogP contribution in [-0.2, 0) is 5.75 Å². The average Bonchev–Trinajstić information content (AvgIpc) is 2.38. The second-order valence-electron chi connectivity index (χ2n) is 3.66. The van der Waals surface area contributed by atoms with Crippen molar-refractivity contribution in [2.45, 2.75) is 24.4 Å². The van der Waals surface area contributed by atoms with E-state index >= 15 is 0 Å². The molecule has 0 aliphatic carbocycles. The minimum atomic E-state index is -0.969. The lowest BCUT2D eigenvalue weighted by Crippen LogP contribution is -2.19. The van der Waals surface area contributed by atoms with E-state index in [9.17, 15) is 10.2 Å². The van der Waals surface area contributed by atoms with Crippen LogP contribution in [0.3, 0.4) is 0 Å². The molecule has 2 N–H and O–H groups in total. The molecule has 0 bridgehead atoms. The molecule has 2 atom stereocenters. The number of hydrogen-bond acceptors (Lipinski definition) is 4. The molecule has 1 aromatic carbocycles. The molecule has 1 rings (SSSR count). The van der Waals surface area contributed by atoms with E-state index < -0.39 is 12.2 Å². The lowest BCUT2D eigenvalue weighted by molar-refractivity contribution is 0.0150. The largest absolute Gasteiger partial charge is 0.390 e. The van der Waals surface area contributed by atoms with E-state index in [2.05, 4.69) is 22.7 Å². The van der Waals surface area contributed by atoms with Crippen molar-refractivity contribution in [2.24, 2.45) is 5.11 Å². The second-order valence-corrected chi connectivity index (χ2v) is 3.97. The molecule has 6 heteroatoms. The molecule has 0 heterocycles. The number of thiol groups is 1. The third kappa shape index (κ3) is 4.28. The second kappa shape index (κ2) is 7.19. The Morgan fingerprint density at radius 1 is 1.41 bits per heavy atom. The van der Waals surface area contributed by atoms with Crippen LogP contribution in [0.1, 0.15) is 23.7 Å². The first-order valence-electron chi connectivity index (χ1n) is 5.25. The maximum Gasteiger partial charge on any atom is 0.105 e. The number of nitrogens with zero attached hydrogens (tertiary/aromatic N) is 3. The number of aliphatic hydroxyl groups is 2. The first-order chi connectivity index (χ1) is 8.19. The first-order valence-corrected chi connectivity index (χ1v) is 5.89. The molecule has 0 saturated heterocycles. The Kier molecular flexibility index (Phi) is 5.86. The van der Waals surface area contributed by atoms with Gasteiger partial charge < -0.3 is 10.2 Å². The number of hydrogen-bond donors (Lipinski definition) is 3. The van der Waals surface area contributed by atoms with Crippen LogP contribution in [0.4, 0.5) is 0 Å². The van der Waals surface area contributed by atoms with Crippen LogP contribution in [0.15, 0.2) is 29.4 Å². The lowest BCUT2D eigenvalue weighted by atomic mass is 10.0. The van der Waals surface area contributed by atoms with Crippen molar-refractivity contribution in [1.82, 2.24) is 0 Å². The molecule has 2 unspecified atom stereocenters. The van der Waals surface area contributed by atoms with Crippen molar-refractivity contribution in [1.29, 1.82) is 0 Å². The van der Waals surface area contributed by atoms with Crippen LogP contribution < -0.4 is 0 Å².